The third-order valence-corrected chi connectivity index (χ3v) is 3.89. The van der Waals surface area contributed by atoms with E-state index in [0.717, 1.165) is 33.7 Å². The number of anilines is 1. The van der Waals surface area contributed by atoms with Gasteiger partial charge >= 0.3 is 0 Å². The first-order chi connectivity index (χ1) is 10.8. The van der Waals surface area contributed by atoms with E-state index in [1.165, 1.54) is 12.8 Å². The van der Waals surface area contributed by atoms with Gasteiger partial charge in [0.25, 0.3) is 0 Å². The Morgan fingerprint density at radius 3 is 2.86 bits per heavy atom. The third-order valence-electron chi connectivity index (χ3n) is 3.89. The Morgan fingerprint density at radius 1 is 1.18 bits per heavy atom. The van der Waals surface area contributed by atoms with Gasteiger partial charge in [-0.2, -0.15) is 0 Å². The molecule has 22 heavy (non-hydrogen) atoms. The third kappa shape index (κ3) is 2.55. The monoisotopic (exact) mass is 288 g/mol. The van der Waals surface area contributed by atoms with E-state index < -0.39 is 0 Å². The number of pyridine rings is 3. The molecule has 0 aliphatic heterocycles. The summed E-state index contributed by atoms with van der Waals surface area (Å²) >= 11 is 0. The van der Waals surface area contributed by atoms with Gasteiger partial charge in [-0.05, 0) is 43.0 Å². The van der Waals surface area contributed by atoms with Crippen LogP contribution in [0.5, 0.6) is 0 Å². The predicted octanol–water partition coefficient (Wildman–Crippen LogP) is 4.03. The number of hydrogen-bond donors (Lipinski definition) is 1. The molecule has 3 heterocycles. The lowest BCUT2D eigenvalue weighted by Crippen LogP contribution is -2.01. The molecule has 108 valence electrons. The van der Waals surface area contributed by atoms with Crippen molar-refractivity contribution in [1.29, 1.82) is 0 Å². The van der Waals surface area contributed by atoms with Crippen LogP contribution in [-0.2, 0) is 0 Å². The maximum absolute atomic E-state index is 4.72. The number of hydrogen-bond acceptors (Lipinski definition) is 4. The van der Waals surface area contributed by atoms with Gasteiger partial charge in [-0.25, -0.2) is 9.97 Å². The lowest BCUT2D eigenvalue weighted by Gasteiger charge is -2.09. The Hall–Kier alpha value is -2.75. The van der Waals surface area contributed by atoms with Gasteiger partial charge in [0.05, 0.1) is 11.2 Å². The van der Waals surface area contributed by atoms with Crippen molar-refractivity contribution in [2.45, 2.75) is 12.8 Å². The zero-order valence-corrected chi connectivity index (χ0v) is 12.2. The van der Waals surface area contributed by atoms with E-state index in [2.05, 4.69) is 21.9 Å². The summed E-state index contributed by atoms with van der Waals surface area (Å²) in [5.74, 6) is 1.41. The molecule has 1 saturated carbocycles. The van der Waals surface area contributed by atoms with Crippen molar-refractivity contribution >= 4 is 16.7 Å². The van der Waals surface area contributed by atoms with Crippen LogP contribution in [0, 0.1) is 5.92 Å². The SMILES string of the molecule is C=C(Nc1cc2nc(-c3cccnc3)ccc2cn1)C1CC1. The van der Waals surface area contributed by atoms with E-state index in [9.17, 15) is 0 Å². The van der Waals surface area contributed by atoms with Crippen LogP contribution >= 0.6 is 0 Å². The molecule has 1 aliphatic carbocycles. The summed E-state index contributed by atoms with van der Waals surface area (Å²) in [5, 5.41) is 4.32. The molecule has 0 saturated heterocycles. The van der Waals surface area contributed by atoms with Gasteiger partial charge in [0.2, 0.25) is 0 Å². The topological polar surface area (TPSA) is 50.7 Å². The molecule has 1 fully saturated rings. The van der Waals surface area contributed by atoms with E-state index in [1.54, 1.807) is 6.20 Å². The first-order valence-corrected chi connectivity index (χ1v) is 7.42. The van der Waals surface area contributed by atoms with E-state index >= 15 is 0 Å². The smallest absolute Gasteiger partial charge is 0.132 e. The van der Waals surface area contributed by atoms with Gasteiger partial charge in [-0.1, -0.05) is 6.58 Å². The average molecular weight is 288 g/mol. The van der Waals surface area contributed by atoms with Crippen molar-refractivity contribution < 1.29 is 0 Å². The molecule has 0 bridgehead atoms. The largest absolute Gasteiger partial charge is 0.344 e. The fourth-order valence-corrected chi connectivity index (χ4v) is 2.46. The highest BCUT2D eigenvalue weighted by molar-refractivity contribution is 5.83. The number of nitrogens with one attached hydrogen (secondary N) is 1. The van der Waals surface area contributed by atoms with Gasteiger partial charge in [-0.3, -0.25) is 4.98 Å². The summed E-state index contributed by atoms with van der Waals surface area (Å²) in [5.41, 5.74) is 3.90. The van der Waals surface area contributed by atoms with Gasteiger partial charge in [0.15, 0.2) is 0 Å². The van der Waals surface area contributed by atoms with Crippen LogP contribution in [-0.4, -0.2) is 15.0 Å². The summed E-state index contributed by atoms with van der Waals surface area (Å²) in [4.78, 5) is 13.3. The molecule has 0 unspecified atom stereocenters. The van der Waals surface area contributed by atoms with Gasteiger partial charge < -0.3 is 5.32 Å². The fourth-order valence-electron chi connectivity index (χ4n) is 2.46. The summed E-state index contributed by atoms with van der Waals surface area (Å²) in [6, 6.07) is 9.94. The highest BCUT2D eigenvalue weighted by Crippen LogP contribution is 2.35. The van der Waals surface area contributed by atoms with Crippen LogP contribution in [0.4, 0.5) is 5.82 Å². The molecule has 3 aromatic rings. The second kappa shape index (κ2) is 5.22. The Bertz CT molecular complexity index is 838. The summed E-state index contributed by atoms with van der Waals surface area (Å²) < 4.78 is 0. The van der Waals surface area contributed by atoms with Crippen LogP contribution in [0.2, 0.25) is 0 Å². The zero-order valence-electron chi connectivity index (χ0n) is 12.2. The number of aromatic nitrogens is 3. The van der Waals surface area contributed by atoms with Crippen LogP contribution < -0.4 is 5.32 Å². The molecular formula is C18H16N4. The zero-order chi connectivity index (χ0) is 14.9. The number of fused-ring (bicyclic) bond motifs is 1. The van der Waals surface area contributed by atoms with E-state index in [0.29, 0.717) is 5.92 Å². The van der Waals surface area contributed by atoms with Gasteiger partial charge in [-0.15, -0.1) is 0 Å². The average Bonchev–Trinajstić information content (AvgIpc) is 3.40. The molecule has 4 nitrogen and oxygen atoms in total. The van der Waals surface area contributed by atoms with E-state index in [1.807, 2.05) is 42.7 Å². The number of rotatable bonds is 4. The molecule has 1 aliphatic rings. The predicted molar refractivity (Wildman–Crippen MR) is 88.3 cm³/mol. The molecule has 1 N–H and O–H groups in total. The molecule has 4 rings (SSSR count). The summed E-state index contributed by atoms with van der Waals surface area (Å²) in [7, 11) is 0. The Balaban J connectivity index is 1.69. The molecule has 4 heteroatoms. The molecule has 0 spiro atoms. The molecular weight excluding hydrogens is 272 g/mol. The summed E-state index contributed by atoms with van der Waals surface area (Å²) in [6.07, 6.45) is 7.88. The van der Waals surface area contributed by atoms with Crippen molar-refractivity contribution in [1.82, 2.24) is 15.0 Å². The maximum Gasteiger partial charge on any atom is 0.132 e. The summed E-state index contributed by atoms with van der Waals surface area (Å²) in [6.45, 7) is 4.08. The molecule has 3 aromatic heterocycles. The Morgan fingerprint density at radius 2 is 2.09 bits per heavy atom. The lowest BCUT2D eigenvalue weighted by molar-refractivity contribution is 1.01. The van der Waals surface area contributed by atoms with E-state index in [4.69, 9.17) is 4.98 Å². The van der Waals surface area contributed by atoms with Crippen molar-refractivity contribution in [3.8, 4) is 11.3 Å². The fraction of sp³-hybridized carbons (Fsp3) is 0.167. The quantitative estimate of drug-likeness (QED) is 0.787. The highest BCUT2D eigenvalue weighted by Gasteiger charge is 2.24. The van der Waals surface area contributed by atoms with Gasteiger partial charge in [0.1, 0.15) is 5.82 Å². The number of nitrogens with zero attached hydrogens (tertiary/aromatic N) is 3. The highest BCUT2D eigenvalue weighted by atomic mass is 15.0. The molecule has 0 amide bonds. The minimum absolute atomic E-state index is 0.604. The molecule has 0 radical (unpaired) electrons. The van der Waals surface area contributed by atoms with Crippen LogP contribution in [0.1, 0.15) is 12.8 Å². The Labute approximate surface area is 129 Å². The van der Waals surface area contributed by atoms with Crippen molar-refractivity contribution in [2.24, 2.45) is 5.92 Å². The van der Waals surface area contributed by atoms with Crippen molar-refractivity contribution in [3.63, 3.8) is 0 Å². The van der Waals surface area contributed by atoms with Crippen LogP contribution in [0.25, 0.3) is 22.2 Å². The normalized spacial score (nSPS) is 14.0. The van der Waals surface area contributed by atoms with E-state index in [-0.39, 0.29) is 0 Å². The second-order valence-electron chi connectivity index (χ2n) is 5.62. The minimum atomic E-state index is 0.604. The Kier molecular flexibility index (Phi) is 3.07. The first-order valence-electron chi connectivity index (χ1n) is 7.42. The lowest BCUT2D eigenvalue weighted by atomic mass is 10.1. The second-order valence-corrected chi connectivity index (χ2v) is 5.62. The van der Waals surface area contributed by atoms with Crippen molar-refractivity contribution in [3.05, 3.63) is 61.2 Å². The molecule has 0 atom stereocenters. The standard InChI is InChI=1S/C18H16N4/c1-12(13-4-5-13)21-18-9-17-15(11-20-18)6-7-16(22-17)14-3-2-8-19-10-14/h2-3,6-11,13H,1,4-5H2,(H,20,21). The molecule has 0 aromatic carbocycles. The van der Waals surface area contributed by atoms with Crippen molar-refractivity contribution in [2.75, 3.05) is 5.32 Å². The van der Waals surface area contributed by atoms with Crippen LogP contribution in [0.3, 0.4) is 0 Å². The maximum atomic E-state index is 4.72. The first kappa shape index (κ1) is 13.0. The van der Waals surface area contributed by atoms with Crippen LogP contribution in [0.15, 0.2) is 61.2 Å². The number of allylic oxidation sites excluding steroid dienone is 1. The minimum Gasteiger partial charge on any atom is -0.344 e. The van der Waals surface area contributed by atoms with Gasteiger partial charge in [0, 0.05) is 41.3 Å².